The van der Waals surface area contributed by atoms with Crippen LogP contribution in [0.4, 0.5) is 12.9 Å². The number of nitrogens with two attached hydrogens (primary N) is 1. The third-order valence-corrected chi connectivity index (χ3v) is 1.74. The maximum atomic E-state index is 11.9. The minimum Gasteiger partial charge on any atom is -0.445 e. The van der Waals surface area contributed by atoms with Gasteiger partial charge in [-0.05, 0) is 19.1 Å². The first-order chi connectivity index (χ1) is 6.88. The molecular weight excluding hydrogens is 204 g/mol. The summed E-state index contributed by atoms with van der Waals surface area (Å²) in [4.78, 5) is 3.97. The first-order valence-corrected chi connectivity index (χ1v) is 4.50. The highest BCUT2D eigenvalue weighted by molar-refractivity contribution is 6.64. The smallest absolute Gasteiger partial charge is 0.445 e. The van der Waals surface area contributed by atoms with Crippen LogP contribution in [0.1, 0.15) is 24.4 Å². The van der Waals surface area contributed by atoms with Gasteiger partial charge in [0.1, 0.15) is 0 Å². The van der Waals surface area contributed by atoms with Crippen LogP contribution in [0.3, 0.4) is 0 Å². The van der Waals surface area contributed by atoms with Crippen LogP contribution in [0.15, 0.2) is 24.2 Å². The fourth-order valence-electron chi connectivity index (χ4n) is 1.02. The number of nitrogens with zero attached hydrogens (tertiary/aromatic N) is 1. The Morgan fingerprint density at radius 3 is 2.60 bits per heavy atom. The van der Waals surface area contributed by atoms with Crippen LogP contribution in [-0.4, -0.2) is 12.0 Å². The highest BCUT2D eigenvalue weighted by atomic mass is 19.4. The van der Waals surface area contributed by atoms with Gasteiger partial charge < -0.3 is 18.7 Å². The molecule has 82 valence electrons. The molecule has 2 N–H and O–H groups in total. The average molecular weight is 215 g/mol. The molecule has 0 aromatic carbocycles. The lowest BCUT2D eigenvalue weighted by Crippen LogP contribution is -2.10. The highest BCUT2D eigenvalue weighted by Gasteiger charge is 2.17. The quantitative estimate of drug-likeness (QED) is 0.786. The number of hydrogen-bond acceptors (Lipinski definition) is 2. The molecule has 0 aliphatic carbocycles. The minimum absolute atomic E-state index is 0.216. The molecular formula is C9H11BF3N2-. The van der Waals surface area contributed by atoms with E-state index >= 15 is 0 Å². The van der Waals surface area contributed by atoms with Crippen molar-refractivity contribution in [3.63, 3.8) is 0 Å². The molecule has 15 heavy (non-hydrogen) atoms. The Labute approximate surface area is 86.1 Å². The summed E-state index contributed by atoms with van der Waals surface area (Å²) in [6.45, 7) is -3.18. The molecule has 0 aliphatic heterocycles. The number of rotatable bonds is 3. The van der Waals surface area contributed by atoms with Gasteiger partial charge in [0, 0.05) is 6.04 Å². The Morgan fingerprint density at radius 2 is 2.07 bits per heavy atom. The summed E-state index contributed by atoms with van der Waals surface area (Å²) in [5, 5.41) is 0. The zero-order chi connectivity index (χ0) is 11.5. The lowest BCUT2D eigenvalue weighted by molar-refractivity contribution is 0.499. The molecule has 0 saturated carbocycles. The van der Waals surface area contributed by atoms with Crippen molar-refractivity contribution < 1.29 is 12.9 Å². The van der Waals surface area contributed by atoms with Gasteiger partial charge in [0.05, 0.1) is 11.4 Å². The predicted molar refractivity (Wildman–Crippen MR) is 55.0 cm³/mol. The van der Waals surface area contributed by atoms with Crippen molar-refractivity contribution >= 4 is 13.1 Å². The van der Waals surface area contributed by atoms with E-state index < -0.39 is 6.98 Å². The van der Waals surface area contributed by atoms with Crippen LogP contribution in [0.2, 0.25) is 0 Å². The van der Waals surface area contributed by atoms with Crippen LogP contribution in [0, 0.1) is 0 Å². The van der Waals surface area contributed by atoms with Crippen molar-refractivity contribution in [1.82, 2.24) is 4.98 Å². The van der Waals surface area contributed by atoms with Crippen molar-refractivity contribution in [2.75, 3.05) is 0 Å². The second-order valence-corrected chi connectivity index (χ2v) is 3.26. The molecule has 1 unspecified atom stereocenters. The Balaban J connectivity index is 2.87. The van der Waals surface area contributed by atoms with Gasteiger partial charge in [-0.15, -0.1) is 5.98 Å². The van der Waals surface area contributed by atoms with Crippen LogP contribution in [-0.2, 0) is 0 Å². The Morgan fingerprint density at radius 1 is 1.40 bits per heavy atom. The molecule has 2 nitrogen and oxygen atoms in total. The number of hydrogen-bond donors (Lipinski definition) is 1. The van der Waals surface area contributed by atoms with E-state index in [1.807, 2.05) is 0 Å². The molecule has 0 spiro atoms. The molecule has 6 heteroatoms. The summed E-state index contributed by atoms with van der Waals surface area (Å²) < 4.78 is 35.8. The summed E-state index contributed by atoms with van der Waals surface area (Å²) >= 11 is 0. The van der Waals surface area contributed by atoms with E-state index in [0.29, 0.717) is 5.69 Å². The predicted octanol–water partition coefficient (Wildman–Crippen LogP) is 2.50. The first kappa shape index (κ1) is 11.8. The first-order valence-electron chi connectivity index (χ1n) is 4.50. The number of pyridine rings is 1. The van der Waals surface area contributed by atoms with Gasteiger partial charge in [-0.2, -0.15) is 0 Å². The van der Waals surface area contributed by atoms with E-state index in [4.69, 9.17) is 5.73 Å². The summed E-state index contributed by atoms with van der Waals surface area (Å²) in [6.07, 6.45) is 0.950. The van der Waals surface area contributed by atoms with Crippen molar-refractivity contribution in [3.8, 4) is 0 Å². The molecule has 1 heterocycles. The van der Waals surface area contributed by atoms with Crippen molar-refractivity contribution in [1.29, 1.82) is 0 Å². The molecule has 0 bridgehead atoms. The molecule has 0 radical (unpaired) electrons. The fourth-order valence-corrected chi connectivity index (χ4v) is 1.02. The van der Waals surface area contributed by atoms with Gasteiger partial charge in [0.15, 0.2) is 0 Å². The van der Waals surface area contributed by atoms with E-state index in [9.17, 15) is 12.9 Å². The molecule has 1 aromatic rings. The highest BCUT2D eigenvalue weighted by Crippen LogP contribution is 2.13. The molecule has 1 atom stereocenters. The lowest BCUT2D eigenvalue weighted by Gasteiger charge is -2.07. The van der Waals surface area contributed by atoms with E-state index in [0.717, 1.165) is 6.08 Å². The topological polar surface area (TPSA) is 38.9 Å². The van der Waals surface area contributed by atoms with Gasteiger partial charge in [0.25, 0.3) is 0 Å². The van der Waals surface area contributed by atoms with Crippen LogP contribution in [0.25, 0.3) is 6.08 Å². The zero-order valence-corrected chi connectivity index (χ0v) is 8.20. The summed E-state index contributed by atoms with van der Waals surface area (Å²) in [7, 11) is 0. The van der Waals surface area contributed by atoms with Gasteiger partial charge in [-0.3, -0.25) is 4.98 Å². The van der Waals surface area contributed by atoms with E-state index in [-0.39, 0.29) is 17.7 Å². The molecule has 0 saturated heterocycles. The van der Waals surface area contributed by atoms with Gasteiger partial charge in [0.2, 0.25) is 0 Å². The lowest BCUT2D eigenvalue weighted by atomic mass is 9.91. The number of aromatic nitrogens is 1. The Hall–Kier alpha value is -1.30. The monoisotopic (exact) mass is 215 g/mol. The molecule has 1 rings (SSSR count). The number of halogens is 3. The van der Waals surface area contributed by atoms with Gasteiger partial charge in [-0.25, -0.2) is 0 Å². The van der Waals surface area contributed by atoms with Gasteiger partial charge in [-0.1, -0.05) is 12.1 Å². The summed E-state index contributed by atoms with van der Waals surface area (Å²) in [5.41, 5.74) is 6.40. The summed E-state index contributed by atoms with van der Waals surface area (Å²) in [6, 6.07) is 4.54. The maximum Gasteiger partial charge on any atom is 0.502 e. The Kier molecular flexibility index (Phi) is 3.52. The second kappa shape index (κ2) is 4.48. The van der Waals surface area contributed by atoms with E-state index in [1.54, 1.807) is 19.1 Å². The van der Waals surface area contributed by atoms with Crippen molar-refractivity contribution in [2.24, 2.45) is 5.73 Å². The van der Waals surface area contributed by atoms with Crippen molar-refractivity contribution in [2.45, 2.75) is 13.0 Å². The fraction of sp³-hybridized carbons (Fsp3) is 0.222. The van der Waals surface area contributed by atoms with E-state index in [1.165, 1.54) is 6.07 Å². The van der Waals surface area contributed by atoms with Crippen molar-refractivity contribution in [3.05, 3.63) is 35.6 Å². The van der Waals surface area contributed by atoms with Gasteiger partial charge >= 0.3 is 6.98 Å². The second-order valence-electron chi connectivity index (χ2n) is 3.26. The molecule has 0 amide bonds. The zero-order valence-electron chi connectivity index (χ0n) is 8.20. The minimum atomic E-state index is -4.91. The SMILES string of the molecule is CC(N)c1cccc(/C=C/[B-](F)(F)F)n1. The third-order valence-electron chi connectivity index (χ3n) is 1.74. The van der Waals surface area contributed by atoms with Crippen LogP contribution in [0.5, 0.6) is 0 Å². The molecule has 1 aromatic heterocycles. The maximum absolute atomic E-state index is 11.9. The normalized spacial score (nSPS) is 14.5. The summed E-state index contributed by atoms with van der Waals surface area (Å²) in [5.74, 6) is 0.216. The van der Waals surface area contributed by atoms with Crippen LogP contribution < -0.4 is 5.73 Å². The largest absolute Gasteiger partial charge is 0.502 e. The van der Waals surface area contributed by atoms with Crippen LogP contribution >= 0.6 is 0 Å². The third kappa shape index (κ3) is 4.16. The Bertz CT molecular complexity index is 361. The average Bonchev–Trinajstić information content (AvgIpc) is 2.14. The standard InChI is InChI=1S/C9H11BF3N2/c1-7(14)9-4-2-3-8(15-9)5-6-10(11,12)13/h2-7H,14H2,1H3/q-1/b6-5+. The molecule has 0 fully saturated rings. The van der Waals surface area contributed by atoms with E-state index in [2.05, 4.69) is 4.98 Å². The molecule has 0 aliphatic rings.